The summed E-state index contributed by atoms with van der Waals surface area (Å²) >= 11 is 1.57. The molecule has 5 atom stereocenters. The van der Waals surface area contributed by atoms with Crippen molar-refractivity contribution < 1.29 is 32.8 Å². The van der Waals surface area contributed by atoms with E-state index in [1.54, 1.807) is 55.1 Å². The van der Waals surface area contributed by atoms with Crippen molar-refractivity contribution in [3.63, 3.8) is 0 Å². The van der Waals surface area contributed by atoms with Gasteiger partial charge in [0, 0.05) is 40.4 Å². The summed E-state index contributed by atoms with van der Waals surface area (Å²) in [5.41, 5.74) is 0.543. The fourth-order valence-electron chi connectivity index (χ4n) is 6.65. The van der Waals surface area contributed by atoms with Gasteiger partial charge in [-0.3, -0.25) is 19.0 Å². The number of rotatable bonds is 10. The quantitative estimate of drug-likeness (QED) is 0.131. The van der Waals surface area contributed by atoms with Crippen LogP contribution in [0.2, 0.25) is 0 Å². The lowest BCUT2D eigenvalue weighted by Gasteiger charge is -2.47. The minimum Gasteiger partial charge on any atom is -0.508 e. The van der Waals surface area contributed by atoms with Gasteiger partial charge in [0.15, 0.2) is 0 Å². The van der Waals surface area contributed by atoms with Crippen molar-refractivity contribution in [2.24, 2.45) is 11.8 Å². The zero-order valence-electron chi connectivity index (χ0n) is 29.3. The average Bonchev–Trinajstić information content (AvgIpc) is 3.07. The summed E-state index contributed by atoms with van der Waals surface area (Å²) in [5, 5.41) is 28.0. The number of aliphatic hydroxyl groups excluding tert-OH is 1. The fraction of sp³-hybridized carbons (Fsp3) is 0.474. The van der Waals surface area contributed by atoms with E-state index < -0.39 is 22.3 Å². The van der Waals surface area contributed by atoms with Gasteiger partial charge >= 0.3 is 0 Å². The van der Waals surface area contributed by atoms with Gasteiger partial charge in [0.1, 0.15) is 5.75 Å². The average molecular weight is 726 g/mol. The molecular weight excluding hydrogens is 675 g/mol. The second kappa shape index (κ2) is 17.7. The van der Waals surface area contributed by atoms with Crippen LogP contribution in [-0.2, 0) is 14.9 Å². The molecule has 3 aromatic carbocycles. The molecule has 1 aliphatic carbocycles. The number of phenolic OH excluding ortho intramolecular Hbond substituents is 1. The highest BCUT2D eigenvalue weighted by Crippen LogP contribution is 2.39. The first-order chi connectivity index (χ1) is 23.6. The minimum atomic E-state index is -4.00. The van der Waals surface area contributed by atoms with Gasteiger partial charge in [0.2, 0.25) is 5.91 Å². The number of aromatic hydroxyl groups is 1. The molecule has 1 saturated heterocycles. The maximum Gasteiger partial charge on any atom is 0.294 e. The summed E-state index contributed by atoms with van der Waals surface area (Å²) in [4.78, 5) is 29.9. The third kappa shape index (κ3) is 11.6. The Kier molecular flexibility index (Phi) is 13.9. The highest BCUT2D eigenvalue weighted by atomic mass is 32.2. The van der Waals surface area contributed by atoms with Crippen molar-refractivity contribution >= 4 is 33.7 Å². The summed E-state index contributed by atoms with van der Waals surface area (Å²) < 4.78 is 29.2. The molecule has 1 aliphatic heterocycles. The Balaban J connectivity index is 0.000000482. The first-order valence-electron chi connectivity index (χ1n) is 17.2. The Hall–Kier alpha value is -3.42. The normalized spacial score (nSPS) is 20.7. The predicted molar refractivity (Wildman–Crippen MR) is 197 cm³/mol. The molecule has 2 fully saturated rings. The minimum absolute atomic E-state index is 0.0124. The molecule has 12 heteroatoms. The van der Waals surface area contributed by atoms with Crippen LogP contribution in [0.3, 0.4) is 0 Å². The Morgan fingerprint density at radius 2 is 1.56 bits per heavy atom. The van der Waals surface area contributed by atoms with Crippen LogP contribution < -0.4 is 10.6 Å². The molecule has 5 rings (SSSR count). The predicted octanol–water partition coefficient (Wildman–Crippen LogP) is 5.68. The Morgan fingerprint density at radius 3 is 2.16 bits per heavy atom. The largest absolute Gasteiger partial charge is 0.508 e. The molecule has 0 unspecified atom stereocenters. The van der Waals surface area contributed by atoms with E-state index in [0.29, 0.717) is 35.3 Å². The van der Waals surface area contributed by atoms with Crippen molar-refractivity contribution in [1.82, 2.24) is 15.5 Å². The van der Waals surface area contributed by atoms with E-state index in [-0.39, 0.29) is 34.0 Å². The standard InChI is InChI=1S/C32H45N3O4S.C6H6O3S/c1-21-25(15-10-16-28(21)36)30(38)33-26(20-40-24-13-6-5-7-14-24)29(37)19-35-18-23-12-9-8-11-22(23)17-27(35)31(39)34-32(2,3)4;7-10(8,9)6-4-2-1-3-5-6/h5-7,10,13-16,22-23,26-27,29,36-37H,8-9,11-12,17-20H2,1-4H3,(H,33,38)(H,34,39);1-5H,(H,7,8,9)/t22-,23+,26-,27-,29+;/m0./s1. The number of β-amino-alcohol motifs (C(OH)–C–C–N with tert-alkyl or cyclic N) is 1. The lowest BCUT2D eigenvalue weighted by Crippen LogP contribution is -2.60. The maximum absolute atomic E-state index is 13.5. The second-order valence-electron chi connectivity index (χ2n) is 14.3. The Bertz CT molecular complexity index is 1670. The third-order valence-corrected chi connectivity index (χ3v) is 11.3. The number of fused-ring (bicyclic) bond motifs is 1. The molecule has 2 aliphatic rings. The van der Waals surface area contributed by atoms with Crippen LogP contribution in [0.5, 0.6) is 5.75 Å². The number of phenols is 1. The van der Waals surface area contributed by atoms with E-state index in [1.165, 1.54) is 25.0 Å². The highest BCUT2D eigenvalue weighted by molar-refractivity contribution is 7.99. The van der Waals surface area contributed by atoms with E-state index in [0.717, 1.165) is 30.7 Å². The number of hydrogen-bond acceptors (Lipinski definition) is 8. The molecule has 50 heavy (non-hydrogen) atoms. The van der Waals surface area contributed by atoms with E-state index in [2.05, 4.69) is 15.5 Å². The molecule has 5 N–H and O–H groups in total. The van der Waals surface area contributed by atoms with Gasteiger partial charge in [-0.05, 0) is 88.8 Å². The highest BCUT2D eigenvalue weighted by Gasteiger charge is 2.41. The summed E-state index contributed by atoms with van der Waals surface area (Å²) in [6, 6.07) is 21.4. The van der Waals surface area contributed by atoms with Crippen molar-refractivity contribution in [2.75, 3.05) is 18.8 Å². The van der Waals surface area contributed by atoms with Crippen molar-refractivity contribution in [1.29, 1.82) is 0 Å². The number of piperidine rings is 1. The topological polar surface area (TPSA) is 156 Å². The molecular formula is C38H51N3O7S2. The third-order valence-electron chi connectivity index (χ3n) is 9.27. The number of thioether (sulfide) groups is 1. The van der Waals surface area contributed by atoms with Gasteiger partial charge < -0.3 is 20.8 Å². The van der Waals surface area contributed by atoms with Crippen molar-refractivity contribution in [3.05, 3.63) is 90.0 Å². The molecule has 3 aromatic rings. The van der Waals surface area contributed by atoms with Gasteiger partial charge in [-0.1, -0.05) is 61.7 Å². The number of benzene rings is 3. The van der Waals surface area contributed by atoms with Crippen LogP contribution in [0.1, 0.15) is 68.8 Å². The van der Waals surface area contributed by atoms with E-state index in [1.807, 2.05) is 51.1 Å². The summed E-state index contributed by atoms with van der Waals surface area (Å²) in [5.74, 6) is 1.27. The van der Waals surface area contributed by atoms with Gasteiger partial charge in [-0.25, -0.2) is 0 Å². The number of aliphatic hydroxyl groups is 1. The van der Waals surface area contributed by atoms with Crippen LogP contribution in [0, 0.1) is 18.8 Å². The summed E-state index contributed by atoms with van der Waals surface area (Å²) in [6.07, 6.45) is 4.67. The lowest BCUT2D eigenvalue weighted by atomic mass is 9.72. The molecule has 0 bridgehead atoms. The van der Waals surface area contributed by atoms with Crippen molar-refractivity contribution in [3.8, 4) is 5.75 Å². The molecule has 0 radical (unpaired) electrons. The molecule has 272 valence electrons. The van der Waals surface area contributed by atoms with Crippen LogP contribution in [0.25, 0.3) is 0 Å². The molecule has 0 spiro atoms. The Labute approximate surface area is 300 Å². The van der Waals surface area contributed by atoms with Crippen LogP contribution in [0.4, 0.5) is 0 Å². The SMILES string of the molecule is Cc1c(O)cccc1C(=O)N[C@@H](CSc1ccccc1)[C@H](O)CN1C[C@H]2CCCC[C@H]2C[C@H]1C(=O)NC(C)(C)C.O=S(=O)(O)c1ccccc1. The number of nitrogens with zero attached hydrogens (tertiary/aromatic N) is 1. The van der Waals surface area contributed by atoms with Crippen LogP contribution in [0.15, 0.2) is 88.7 Å². The molecule has 1 saturated carbocycles. The smallest absolute Gasteiger partial charge is 0.294 e. The fourth-order valence-corrected chi connectivity index (χ4v) is 8.18. The summed E-state index contributed by atoms with van der Waals surface area (Å²) in [6.45, 7) is 8.76. The summed E-state index contributed by atoms with van der Waals surface area (Å²) in [7, 11) is -4.00. The number of carbonyl (C=O) groups excluding carboxylic acids is 2. The van der Waals surface area contributed by atoms with Crippen LogP contribution >= 0.6 is 11.8 Å². The monoisotopic (exact) mass is 725 g/mol. The van der Waals surface area contributed by atoms with Gasteiger partial charge in [-0.2, -0.15) is 8.42 Å². The zero-order chi connectivity index (χ0) is 36.5. The first kappa shape index (κ1) is 39.4. The number of likely N-dealkylation sites (tertiary alicyclic amines) is 1. The second-order valence-corrected chi connectivity index (χ2v) is 16.8. The molecule has 0 aromatic heterocycles. The number of nitrogens with one attached hydrogen (secondary N) is 2. The maximum atomic E-state index is 13.5. The van der Waals surface area contributed by atoms with Gasteiger partial charge in [-0.15, -0.1) is 11.8 Å². The van der Waals surface area contributed by atoms with E-state index in [9.17, 15) is 28.2 Å². The molecule has 1 heterocycles. The number of amides is 2. The molecule has 10 nitrogen and oxygen atoms in total. The van der Waals surface area contributed by atoms with Gasteiger partial charge in [0.25, 0.3) is 16.0 Å². The first-order valence-corrected chi connectivity index (χ1v) is 19.6. The number of hydrogen-bond donors (Lipinski definition) is 5. The molecule has 2 amide bonds. The number of carbonyl (C=O) groups is 2. The van der Waals surface area contributed by atoms with E-state index in [4.69, 9.17) is 4.55 Å². The Morgan fingerprint density at radius 1 is 0.940 bits per heavy atom. The van der Waals surface area contributed by atoms with Crippen molar-refractivity contribution in [2.45, 2.75) is 93.3 Å². The zero-order valence-corrected chi connectivity index (χ0v) is 30.9. The van der Waals surface area contributed by atoms with Gasteiger partial charge in [0.05, 0.1) is 23.1 Å². The lowest BCUT2D eigenvalue weighted by molar-refractivity contribution is -0.132. The van der Waals surface area contributed by atoms with E-state index >= 15 is 0 Å². The van der Waals surface area contributed by atoms with Crippen LogP contribution in [-0.4, -0.2) is 82.5 Å².